The highest BCUT2D eigenvalue weighted by atomic mass is 35.5. The average Bonchev–Trinajstić information content (AvgIpc) is 2.93. The van der Waals surface area contributed by atoms with Crippen LogP contribution in [0.3, 0.4) is 0 Å². The lowest BCUT2D eigenvalue weighted by atomic mass is 9.82. The van der Waals surface area contributed by atoms with Crippen LogP contribution in [-0.2, 0) is 33.3 Å². The van der Waals surface area contributed by atoms with E-state index in [1.165, 1.54) is 13.2 Å². The molecule has 31 heavy (non-hydrogen) atoms. The van der Waals surface area contributed by atoms with Crippen LogP contribution in [0.15, 0.2) is 23.5 Å². The summed E-state index contributed by atoms with van der Waals surface area (Å²) >= 11 is 6.14. The van der Waals surface area contributed by atoms with Crippen molar-refractivity contribution in [3.63, 3.8) is 0 Å². The van der Waals surface area contributed by atoms with E-state index in [0.29, 0.717) is 11.1 Å². The molecule has 2 rings (SSSR count). The van der Waals surface area contributed by atoms with Crippen molar-refractivity contribution in [1.29, 1.82) is 0 Å². The Morgan fingerprint density at radius 3 is 2.23 bits per heavy atom. The largest absolute Gasteiger partial charge is 0.461 e. The second-order valence-corrected chi connectivity index (χ2v) is 9.02. The Kier molecular flexibility index (Phi) is 8.54. The smallest absolute Gasteiger partial charge is 0.309 e. The zero-order valence-corrected chi connectivity index (χ0v) is 19.3. The number of alkyl halides is 1. The van der Waals surface area contributed by atoms with Gasteiger partial charge in [0.2, 0.25) is 0 Å². The summed E-state index contributed by atoms with van der Waals surface area (Å²) in [5.74, 6) is -2.56. The predicted molar refractivity (Wildman–Crippen MR) is 112 cm³/mol. The first-order chi connectivity index (χ1) is 14.5. The molecule has 0 saturated heterocycles. The van der Waals surface area contributed by atoms with E-state index in [1.54, 1.807) is 6.08 Å². The maximum Gasteiger partial charge on any atom is 0.309 e. The SMILES string of the molecule is CC(=O)OCC1=CO[C@@H](OC(=O)CC(C)C)[C@H]2C1=C[C@H](OC(=O)CC(C)C)[C@]2(O)CCl. The number of hydrogen-bond acceptors (Lipinski definition) is 8. The highest BCUT2D eigenvalue weighted by molar-refractivity contribution is 6.18. The lowest BCUT2D eigenvalue weighted by Gasteiger charge is -2.39. The fourth-order valence-corrected chi connectivity index (χ4v) is 3.88. The van der Waals surface area contributed by atoms with Crippen molar-refractivity contribution in [1.82, 2.24) is 0 Å². The van der Waals surface area contributed by atoms with Crippen molar-refractivity contribution in [2.75, 3.05) is 12.5 Å². The minimum Gasteiger partial charge on any atom is -0.461 e. The summed E-state index contributed by atoms with van der Waals surface area (Å²) in [5.41, 5.74) is -0.815. The van der Waals surface area contributed by atoms with Crippen LogP contribution in [-0.4, -0.2) is 53.5 Å². The number of esters is 3. The third-order valence-corrected chi connectivity index (χ3v) is 5.41. The first-order valence-electron chi connectivity index (χ1n) is 10.3. The molecule has 1 aliphatic heterocycles. The molecule has 0 fully saturated rings. The Morgan fingerprint density at radius 2 is 1.71 bits per heavy atom. The number of aliphatic hydroxyl groups is 1. The van der Waals surface area contributed by atoms with Gasteiger partial charge in [-0.15, -0.1) is 11.6 Å². The Morgan fingerprint density at radius 1 is 1.13 bits per heavy atom. The summed E-state index contributed by atoms with van der Waals surface area (Å²) in [7, 11) is 0. The molecule has 174 valence electrons. The normalized spacial score (nSPS) is 27.2. The van der Waals surface area contributed by atoms with Gasteiger partial charge in [0.1, 0.15) is 12.2 Å². The van der Waals surface area contributed by atoms with Crippen LogP contribution in [0.2, 0.25) is 0 Å². The quantitative estimate of drug-likeness (QED) is 0.319. The van der Waals surface area contributed by atoms with E-state index < -0.39 is 41.8 Å². The Labute approximate surface area is 187 Å². The Balaban J connectivity index is 2.35. The van der Waals surface area contributed by atoms with E-state index in [1.807, 2.05) is 27.7 Å². The Hall–Kier alpha value is -2.06. The van der Waals surface area contributed by atoms with E-state index in [0.717, 1.165) is 0 Å². The lowest BCUT2D eigenvalue weighted by molar-refractivity contribution is -0.203. The van der Waals surface area contributed by atoms with Crippen LogP contribution in [0, 0.1) is 17.8 Å². The third kappa shape index (κ3) is 6.23. The summed E-state index contributed by atoms with van der Waals surface area (Å²) in [4.78, 5) is 35.8. The highest BCUT2D eigenvalue weighted by Crippen LogP contribution is 2.47. The van der Waals surface area contributed by atoms with Gasteiger partial charge in [-0.2, -0.15) is 0 Å². The number of hydrogen-bond donors (Lipinski definition) is 1. The summed E-state index contributed by atoms with van der Waals surface area (Å²) in [6, 6.07) is 0. The van der Waals surface area contributed by atoms with Crippen molar-refractivity contribution in [2.24, 2.45) is 17.8 Å². The number of fused-ring (bicyclic) bond motifs is 1. The molecule has 0 bridgehead atoms. The van der Waals surface area contributed by atoms with Crippen LogP contribution < -0.4 is 0 Å². The molecular formula is C22H31ClO8. The molecule has 0 aromatic heterocycles. The molecule has 0 aromatic rings. The zero-order chi connectivity index (χ0) is 23.3. The first kappa shape index (κ1) is 25.2. The molecule has 1 N–H and O–H groups in total. The van der Waals surface area contributed by atoms with Gasteiger partial charge in [-0.05, 0) is 23.5 Å². The van der Waals surface area contributed by atoms with Gasteiger partial charge in [0.05, 0.1) is 18.1 Å². The monoisotopic (exact) mass is 458 g/mol. The van der Waals surface area contributed by atoms with Crippen LogP contribution in [0.25, 0.3) is 0 Å². The minimum absolute atomic E-state index is 0.0698. The lowest BCUT2D eigenvalue weighted by Crippen LogP contribution is -2.54. The molecule has 0 saturated carbocycles. The molecular weight excluding hydrogens is 428 g/mol. The number of ether oxygens (including phenoxy) is 4. The van der Waals surface area contributed by atoms with Gasteiger partial charge in [-0.3, -0.25) is 14.4 Å². The van der Waals surface area contributed by atoms with Crippen LogP contribution in [0.4, 0.5) is 0 Å². The molecule has 1 heterocycles. The minimum atomic E-state index is -1.78. The second-order valence-electron chi connectivity index (χ2n) is 8.75. The number of rotatable bonds is 9. The van der Waals surface area contributed by atoms with E-state index in [9.17, 15) is 19.5 Å². The summed E-state index contributed by atoms with van der Waals surface area (Å²) < 4.78 is 21.7. The number of halogens is 1. The molecule has 8 nitrogen and oxygen atoms in total. The second kappa shape index (κ2) is 10.5. The van der Waals surface area contributed by atoms with Crippen LogP contribution in [0.1, 0.15) is 47.5 Å². The fourth-order valence-electron chi connectivity index (χ4n) is 3.56. The Bertz CT molecular complexity index is 757. The van der Waals surface area contributed by atoms with E-state index in [2.05, 4.69) is 0 Å². The molecule has 2 aliphatic rings. The maximum absolute atomic E-state index is 12.3. The van der Waals surface area contributed by atoms with Gasteiger partial charge < -0.3 is 24.1 Å². The van der Waals surface area contributed by atoms with Crippen LogP contribution in [0.5, 0.6) is 0 Å². The molecule has 0 unspecified atom stereocenters. The molecule has 0 aromatic carbocycles. The molecule has 1 aliphatic carbocycles. The van der Waals surface area contributed by atoms with Gasteiger partial charge in [0, 0.05) is 25.3 Å². The van der Waals surface area contributed by atoms with Gasteiger partial charge in [0.25, 0.3) is 6.29 Å². The third-order valence-electron chi connectivity index (χ3n) is 4.99. The molecule has 9 heteroatoms. The molecule has 4 atom stereocenters. The predicted octanol–water partition coefficient (Wildman–Crippen LogP) is 2.86. The first-order valence-corrected chi connectivity index (χ1v) is 10.9. The van der Waals surface area contributed by atoms with Crippen molar-refractivity contribution in [2.45, 2.75) is 65.5 Å². The van der Waals surface area contributed by atoms with Crippen LogP contribution >= 0.6 is 11.6 Å². The standard InChI is InChI=1S/C22H31ClO8/c1-12(2)6-18(25)30-17-8-16-15(9-28-14(5)24)10-29-21(20(16)22(17,27)11-23)31-19(26)7-13(3)4/h8,10,12-13,17,20-21,27H,6-7,9,11H2,1-5H3/t17-,20+,21-,22+/m0/s1. The fraction of sp³-hybridized carbons (Fsp3) is 0.682. The maximum atomic E-state index is 12.3. The summed E-state index contributed by atoms with van der Waals surface area (Å²) in [5, 5.41) is 11.4. The molecule has 0 spiro atoms. The molecule has 0 amide bonds. The van der Waals surface area contributed by atoms with Gasteiger partial charge in [0.15, 0.2) is 6.10 Å². The van der Waals surface area contributed by atoms with E-state index in [-0.39, 0.29) is 37.2 Å². The van der Waals surface area contributed by atoms with E-state index in [4.69, 9.17) is 30.5 Å². The van der Waals surface area contributed by atoms with Crippen molar-refractivity contribution >= 4 is 29.5 Å². The zero-order valence-electron chi connectivity index (χ0n) is 18.6. The number of carbonyl (C=O) groups is 3. The highest BCUT2D eigenvalue weighted by Gasteiger charge is 2.58. The molecule has 0 radical (unpaired) electrons. The topological polar surface area (TPSA) is 108 Å². The summed E-state index contributed by atoms with van der Waals surface area (Å²) in [6.07, 6.45) is 0.975. The van der Waals surface area contributed by atoms with Crippen molar-refractivity contribution in [3.8, 4) is 0 Å². The van der Waals surface area contributed by atoms with Gasteiger partial charge >= 0.3 is 17.9 Å². The van der Waals surface area contributed by atoms with E-state index >= 15 is 0 Å². The summed E-state index contributed by atoms with van der Waals surface area (Å²) in [6.45, 7) is 8.66. The van der Waals surface area contributed by atoms with Crippen molar-refractivity contribution in [3.05, 3.63) is 23.5 Å². The number of carbonyl (C=O) groups excluding carboxylic acids is 3. The van der Waals surface area contributed by atoms with Crippen molar-refractivity contribution < 1.29 is 38.4 Å². The average molecular weight is 459 g/mol. The van der Waals surface area contributed by atoms with Gasteiger partial charge in [-0.25, -0.2) is 0 Å². The van der Waals surface area contributed by atoms with Gasteiger partial charge in [-0.1, -0.05) is 27.7 Å².